The number of nitrogens with zero attached hydrogens (tertiary/aromatic N) is 3. The number of primary amides is 1. The number of nitrogens with one attached hydrogen (secondary N) is 1. The third-order valence-electron chi connectivity index (χ3n) is 2.60. The molecule has 0 bridgehead atoms. The Balaban J connectivity index is 2.64. The molecule has 0 radical (unpaired) electrons. The molecule has 4 N–H and O–H groups in total. The first-order chi connectivity index (χ1) is 9.92. The monoisotopic (exact) mass is 297 g/mol. The van der Waals surface area contributed by atoms with Crippen molar-refractivity contribution >= 4 is 23.6 Å². The highest BCUT2D eigenvalue weighted by atomic mass is 16.4. The number of carboxylic acids is 1. The Labute approximate surface area is 121 Å². The number of carbonyl (C=O) groups excluding carboxylic acids is 2. The van der Waals surface area contributed by atoms with Crippen LogP contribution in [-0.2, 0) is 16.1 Å². The van der Waals surface area contributed by atoms with Crippen molar-refractivity contribution in [3.8, 4) is 0 Å². The largest absolute Gasteiger partial charge is 0.480 e. The lowest BCUT2D eigenvalue weighted by Crippen LogP contribution is -2.41. The zero-order valence-electron chi connectivity index (χ0n) is 11.8. The molecule has 116 valence electrons. The normalized spacial score (nSPS) is 10.1. The van der Waals surface area contributed by atoms with Crippen molar-refractivity contribution in [3.63, 3.8) is 0 Å². The van der Waals surface area contributed by atoms with Crippen LogP contribution in [0.4, 0.5) is 10.5 Å². The lowest BCUT2D eigenvalue weighted by molar-refractivity contribution is -0.137. The van der Waals surface area contributed by atoms with Gasteiger partial charge in [-0.25, -0.2) is 4.79 Å². The van der Waals surface area contributed by atoms with Gasteiger partial charge >= 0.3 is 12.0 Å². The van der Waals surface area contributed by atoms with Crippen LogP contribution in [0, 0.1) is 0 Å². The summed E-state index contributed by atoms with van der Waals surface area (Å²) in [6.45, 7) is 1.91. The van der Waals surface area contributed by atoms with E-state index in [0.29, 0.717) is 12.2 Å². The number of aliphatic carboxylic acids is 1. The molecule has 1 heterocycles. The van der Waals surface area contributed by atoms with Crippen LogP contribution >= 0.6 is 0 Å². The maximum absolute atomic E-state index is 12.0. The van der Waals surface area contributed by atoms with Crippen molar-refractivity contribution in [1.29, 1.82) is 0 Å². The standard InChI is InChI=1S/C12H19N5O4/c1-2-3-4-16(7-10(13)18)12(21)15-9-5-14-17(6-9)8-11(19)20/h5-6H,2-4,7-8H2,1H3,(H2,13,18)(H,15,21)(H,19,20). The molecule has 0 saturated carbocycles. The molecule has 21 heavy (non-hydrogen) atoms. The lowest BCUT2D eigenvalue weighted by atomic mass is 10.3. The summed E-state index contributed by atoms with van der Waals surface area (Å²) in [5.41, 5.74) is 5.47. The number of amides is 3. The third-order valence-corrected chi connectivity index (χ3v) is 2.60. The van der Waals surface area contributed by atoms with Crippen molar-refractivity contribution in [2.24, 2.45) is 5.73 Å². The van der Waals surface area contributed by atoms with E-state index in [1.165, 1.54) is 22.0 Å². The van der Waals surface area contributed by atoms with Crippen LogP contribution in [0.25, 0.3) is 0 Å². The average molecular weight is 297 g/mol. The second-order valence-corrected chi connectivity index (χ2v) is 4.49. The first-order valence-corrected chi connectivity index (χ1v) is 6.50. The predicted octanol–water partition coefficient (Wildman–Crippen LogP) is 0.0870. The molecular formula is C12H19N5O4. The quantitative estimate of drug-likeness (QED) is 0.625. The Morgan fingerprint density at radius 2 is 2.19 bits per heavy atom. The number of rotatable bonds is 8. The SMILES string of the molecule is CCCCN(CC(N)=O)C(=O)Nc1cnn(CC(=O)O)c1. The van der Waals surface area contributed by atoms with E-state index in [0.717, 1.165) is 12.8 Å². The summed E-state index contributed by atoms with van der Waals surface area (Å²) < 4.78 is 1.18. The molecule has 3 amide bonds. The number of urea groups is 1. The molecule has 0 aliphatic carbocycles. The zero-order valence-corrected chi connectivity index (χ0v) is 11.8. The molecule has 9 nitrogen and oxygen atoms in total. The minimum absolute atomic E-state index is 0.172. The molecule has 0 aliphatic rings. The summed E-state index contributed by atoms with van der Waals surface area (Å²) in [5.74, 6) is -1.63. The molecule has 1 rings (SSSR count). The maximum Gasteiger partial charge on any atom is 0.325 e. The zero-order chi connectivity index (χ0) is 15.8. The van der Waals surface area contributed by atoms with Gasteiger partial charge in [-0.15, -0.1) is 0 Å². The van der Waals surface area contributed by atoms with Gasteiger partial charge < -0.3 is 21.1 Å². The second-order valence-electron chi connectivity index (χ2n) is 4.49. The third kappa shape index (κ3) is 5.93. The fraction of sp³-hybridized carbons (Fsp3) is 0.500. The molecule has 1 aromatic heterocycles. The minimum Gasteiger partial charge on any atom is -0.480 e. The fourth-order valence-electron chi connectivity index (χ4n) is 1.65. The van der Waals surface area contributed by atoms with Gasteiger partial charge in [-0.2, -0.15) is 5.10 Å². The summed E-state index contributed by atoms with van der Waals surface area (Å²) in [4.78, 5) is 34.9. The van der Waals surface area contributed by atoms with Crippen LogP contribution in [0.5, 0.6) is 0 Å². The van der Waals surface area contributed by atoms with Crippen molar-refractivity contribution in [1.82, 2.24) is 14.7 Å². The van der Waals surface area contributed by atoms with E-state index in [1.54, 1.807) is 0 Å². The Hall–Kier alpha value is -2.58. The molecule has 0 saturated heterocycles. The molecule has 0 fully saturated rings. The lowest BCUT2D eigenvalue weighted by Gasteiger charge is -2.20. The summed E-state index contributed by atoms with van der Waals surface area (Å²) in [6.07, 6.45) is 4.36. The first kappa shape index (κ1) is 16.5. The number of aromatic nitrogens is 2. The number of carboxylic acid groups (broad SMARTS) is 1. The van der Waals surface area contributed by atoms with E-state index < -0.39 is 17.9 Å². The van der Waals surface area contributed by atoms with Gasteiger partial charge in [0.2, 0.25) is 5.91 Å². The molecule has 0 aliphatic heterocycles. The number of unbranched alkanes of at least 4 members (excludes halogenated alkanes) is 1. The number of nitrogens with two attached hydrogens (primary N) is 1. The van der Waals surface area contributed by atoms with Crippen LogP contribution in [0.2, 0.25) is 0 Å². The molecular weight excluding hydrogens is 278 g/mol. The molecule has 1 aromatic rings. The minimum atomic E-state index is -1.03. The van der Waals surface area contributed by atoms with Gasteiger partial charge in [0.1, 0.15) is 13.1 Å². The summed E-state index contributed by atoms with van der Waals surface area (Å²) in [7, 11) is 0. The number of hydrogen-bond donors (Lipinski definition) is 3. The van der Waals surface area contributed by atoms with Crippen molar-refractivity contribution in [2.75, 3.05) is 18.4 Å². The Morgan fingerprint density at radius 3 is 2.76 bits per heavy atom. The highest BCUT2D eigenvalue weighted by Crippen LogP contribution is 2.07. The van der Waals surface area contributed by atoms with Crippen molar-refractivity contribution in [3.05, 3.63) is 12.4 Å². The van der Waals surface area contributed by atoms with Gasteiger partial charge in [-0.1, -0.05) is 13.3 Å². The van der Waals surface area contributed by atoms with E-state index in [-0.39, 0.29) is 13.1 Å². The van der Waals surface area contributed by atoms with Crippen LogP contribution in [0.3, 0.4) is 0 Å². The summed E-state index contributed by atoms with van der Waals surface area (Å²) in [5, 5.41) is 15.0. The summed E-state index contributed by atoms with van der Waals surface area (Å²) >= 11 is 0. The van der Waals surface area contributed by atoms with Gasteiger partial charge in [0.25, 0.3) is 0 Å². The smallest absolute Gasteiger partial charge is 0.325 e. The molecule has 0 aromatic carbocycles. The highest BCUT2D eigenvalue weighted by Gasteiger charge is 2.16. The fourth-order valence-corrected chi connectivity index (χ4v) is 1.65. The van der Waals surface area contributed by atoms with Gasteiger partial charge in [0, 0.05) is 12.7 Å². The molecule has 0 spiro atoms. The Morgan fingerprint density at radius 1 is 1.48 bits per heavy atom. The average Bonchev–Trinajstić information content (AvgIpc) is 2.80. The van der Waals surface area contributed by atoms with Gasteiger partial charge in [-0.05, 0) is 6.42 Å². The van der Waals surface area contributed by atoms with E-state index in [2.05, 4.69) is 10.4 Å². The van der Waals surface area contributed by atoms with Crippen LogP contribution in [-0.4, -0.2) is 50.8 Å². The summed E-state index contributed by atoms with van der Waals surface area (Å²) in [6, 6.07) is -0.475. The maximum atomic E-state index is 12.0. The Bertz CT molecular complexity index is 514. The van der Waals surface area contributed by atoms with E-state index in [9.17, 15) is 14.4 Å². The van der Waals surface area contributed by atoms with E-state index in [1.807, 2.05) is 6.92 Å². The topological polar surface area (TPSA) is 131 Å². The van der Waals surface area contributed by atoms with Crippen LogP contribution in [0.1, 0.15) is 19.8 Å². The van der Waals surface area contributed by atoms with E-state index >= 15 is 0 Å². The Kier molecular flexibility index (Phi) is 6.18. The van der Waals surface area contributed by atoms with Gasteiger partial charge in [-0.3, -0.25) is 14.3 Å². The molecule has 9 heteroatoms. The van der Waals surface area contributed by atoms with Gasteiger partial charge in [0.15, 0.2) is 0 Å². The molecule has 0 unspecified atom stereocenters. The highest BCUT2D eigenvalue weighted by molar-refractivity contribution is 5.91. The predicted molar refractivity (Wildman–Crippen MR) is 74.6 cm³/mol. The van der Waals surface area contributed by atoms with Crippen molar-refractivity contribution in [2.45, 2.75) is 26.3 Å². The number of carbonyl (C=O) groups is 3. The second kappa shape index (κ2) is 7.88. The van der Waals surface area contributed by atoms with Crippen molar-refractivity contribution < 1.29 is 19.5 Å². The van der Waals surface area contributed by atoms with E-state index in [4.69, 9.17) is 10.8 Å². The number of hydrogen-bond acceptors (Lipinski definition) is 4. The van der Waals surface area contributed by atoms with Crippen LogP contribution < -0.4 is 11.1 Å². The van der Waals surface area contributed by atoms with Crippen LogP contribution in [0.15, 0.2) is 12.4 Å². The number of anilines is 1. The first-order valence-electron chi connectivity index (χ1n) is 6.50. The molecule has 0 atom stereocenters. The van der Waals surface area contributed by atoms with Gasteiger partial charge in [0.05, 0.1) is 11.9 Å².